The number of phenols is 1. The van der Waals surface area contributed by atoms with Gasteiger partial charge in [-0.1, -0.05) is 60.7 Å². The number of phenolic OH excluding ortho intramolecular Hbond substituents is 1. The quantitative estimate of drug-likeness (QED) is 0.178. The van der Waals surface area contributed by atoms with E-state index in [1.54, 1.807) is 24.3 Å². The van der Waals surface area contributed by atoms with Crippen molar-refractivity contribution in [2.24, 2.45) is 5.92 Å². The van der Waals surface area contributed by atoms with Gasteiger partial charge in [0.1, 0.15) is 11.6 Å². The molecule has 4 aromatic rings. The molecule has 1 fully saturated rings. The van der Waals surface area contributed by atoms with Gasteiger partial charge in [-0.05, 0) is 65.9 Å². The van der Waals surface area contributed by atoms with Crippen LogP contribution in [-0.4, -0.2) is 25.9 Å². The van der Waals surface area contributed by atoms with Crippen LogP contribution in [-0.2, 0) is 9.36 Å². The molecule has 1 amide bonds. The lowest BCUT2D eigenvalue weighted by atomic mass is 9.77. The van der Waals surface area contributed by atoms with Gasteiger partial charge in [-0.25, -0.2) is 4.39 Å². The molecular weight excluding hydrogens is 520 g/mol. The van der Waals surface area contributed by atoms with Crippen LogP contribution in [0.4, 0.5) is 10.1 Å². The van der Waals surface area contributed by atoms with E-state index in [2.05, 4.69) is 0 Å². The van der Waals surface area contributed by atoms with Gasteiger partial charge in [-0.3, -0.25) is 9.36 Å². The van der Waals surface area contributed by atoms with E-state index in [0.29, 0.717) is 35.2 Å². The molecule has 4 N–H and O–H groups in total. The number of hydrogen-bond donors (Lipinski definition) is 4. The minimum atomic E-state index is -4.46. The molecule has 1 aliphatic rings. The van der Waals surface area contributed by atoms with E-state index in [9.17, 15) is 33.7 Å². The van der Waals surface area contributed by atoms with Crippen LogP contribution in [0.15, 0.2) is 97.1 Å². The number of aromatic hydroxyl groups is 1. The van der Waals surface area contributed by atoms with E-state index in [1.165, 1.54) is 47.4 Å². The minimum Gasteiger partial charge on any atom is -0.508 e. The highest BCUT2D eigenvalue weighted by molar-refractivity contribution is 7.60. The average molecular weight is 548 g/mol. The number of halogens is 1. The van der Waals surface area contributed by atoms with Gasteiger partial charge in [0.05, 0.1) is 23.4 Å². The largest absolute Gasteiger partial charge is 0.508 e. The Morgan fingerprint density at radius 1 is 0.872 bits per heavy atom. The summed E-state index contributed by atoms with van der Waals surface area (Å²) >= 11 is 0. The van der Waals surface area contributed by atoms with Crippen LogP contribution in [0.1, 0.15) is 36.1 Å². The van der Waals surface area contributed by atoms with E-state index < -0.39 is 31.5 Å². The van der Waals surface area contributed by atoms with Crippen molar-refractivity contribution in [3.8, 4) is 16.9 Å². The van der Waals surface area contributed by atoms with Crippen molar-refractivity contribution in [1.29, 1.82) is 0 Å². The number of carbonyl (C=O) groups is 1. The number of hydrogen-bond acceptors (Lipinski definition) is 4. The molecule has 3 unspecified atom stereocenters. The normalized spacial score (nSPS) is 18.1. The molecule has 1 saturated heterocycles. The van der Waals surface area contributed by atoms with Crippen LogP contribution in [0.25, 0.3) is 11.1 Å². The van der Waals surface area contributed by atoms with Crippen LogP contribution in [0.3, 0.4) is 0 Å². The summed E-state index contributed by atoms with van der Waals surface area (Å²) in [5, 5.41) is 21.6. The lowest BCUT2D eigenvalue weighted by Crippen LogP contribution is -2.55. The molecule has 39 heavy (non-hydrogen) atoms. The molecule has 5 rings (SSSR count). The second-order valence-corrected chi connectivity index (χ2v) is 11.2. The number of anilines is 1. The fourth-order valence-corrected chi connectivity index (χ4v) is 5.71. The summed E-state index contributed by atoms with van der Waals surface area (Å²) in [5.74, 6) is -1.39. The van der Waals surface area contributed by atoms with Crippen molar-refractivity contribution >= 4 is 24.5 Å². The molecule has 1 aliphatic heterocycles. The standard InChI is InChI=1S/C30H27FNO6P/c31-22-9-5-10-23(18-22)32-29(26(30(32)35)14-15-27(33)19-6-2-1-3-7-19)25-13-12-21(17-28(25)34)20-8-4-11-24(16-20)39(36,37)38/h1-13,16-18,26-27,29,33-34H,14-15H2,(H2,36,37,38). The number of aliphatic hydroxyl groups is 1. The Morgan fingerprint density at radius 2 is 1.59 bits per heavy atom. The Balaban J connectivity index is 1.46. The molecule has 0 saturated carbocycles. The first-order chi connectivity index (χ1) is 18.6. The first-order valence-corrected chi connectivity index (χ1v) is 14.1. The van der Waals surface area contributed by atoms with Gasteiger partial charge >= 0.3 is 7.60 Å². The lowest BCUT2D eigenvalue weighted by molar-refractivity contribution is -0.131. The molecular formula is C30H27FNO6P. The maximum atomic E-state index is 14.0. The van der Waals surface area contributed by atoms with E-state index >= 15 is 0 Å². The number of benzene rings is 4. The van der Waals surface area contributed by atoms with E-state index in [4.69, 9.17) is 0 Å². The van der Waals surface area contributed by atoms with Crippen molar-refractivity contribution in [2.75, 3.05) is 4.90 Å². The number of rotatable bonds is 8. The third kappa shape index (κ3) is 5.51. The summed E-state index contributed by atoms with van der Waals surface area (Å²) in [6, 6.07) is 25.0. The fraction of sp³-hybridized carbons (Fsp3) is 0.167. The van der Waals surface area contributed by atoms with Gasteiger partial charge in [-0.2, -0.15) is 0 Å². The highest BCUT2D eigenvalue weighted by Gasteiger charge is 2.49. The Morgan fingerprint density at radius 3 is 2.28 bits per heavy atom. The molecule has 0 bridgehead atoms. The molecule has 200 valence electrons. The summed E-state index contributed by atoms with van der Waals surface area (Å²) in [6.45, 7) is 0. The molecule has 9 heteroatoms. The predicted molar refractivity (Wildman–Crippen MR) is 146 cm³/mol. The Bertz CT molecular complexity index is 1560. The Kier molecular flexibility index (Phi) is 7.38. The van der Waals surface area contributed by atoms with Crippen LogP contribution in [0.5, 0.6) is 5.75 Å². The van der Waals surface area contributed by atoms with Crippen LogP contribution >= 0.6 is 7.60 Å². The molecule has 0 aromatic heterocycles. The SMILES string of the molecule is O=C1C(CCC(O)c2ccccc2)C(c2ccc(-c3cccc(P(=O)(O)O)c3)cc2O)N1c1cccc(F)c1. The van der Waals surface area contributed by atoms with E-state index in [0.717, 1.165) is 5.56 Å². The summed E-state index contributed by atoms with van der Waals surface area (Å²) in [4.78, 5) is 33.8. The van der Waals surface area contributed by atoms with Crippen LogP contribution in [0.2, 0.25) is 0 Å². The maximum absolute atomic E-state index is 14.0. The van der Waals surface area contributed by atoms with Gasteiger partial charge in [-0.15, -0.1) is 0 Å². The Hall–Kier alpha value is -3.81. The summed E-state index contributed by atoms with van der Waals surface area (Å²) < 4.78 is 25.7. The summed E-state index contributed by atoms with van der Waals surface area (Å²) in [7, 11) is -4.46. The lowest BCUT2D eigenvalue weighted by Gasteiger charge is -2.48. The number of nitrogens with zero attached hydrogens (tertiary/aromatic N) is 1. The minimum absolute atomic E-state index is 0.110. The topological polar surface area (TPSA) is 118 Å². The van der Waals surface area contributed by atoms with Crippen LogP contribution < -0.4 is 10.2 Å². The van der Waals surface area contributed by atoms with Gasteiger partial charge in [0, 0.05) is 11.3 Å². The number of aliphatic hydroxyl groups excluding tert-OH is 1. The maximum Gasteiger partial charge on any atom is 0.356 e. The predicted octanol–water partition coefficient (Wildman–Crippen LogP) is 5.22. The highest BCUT2D eigenvalue weighted by atomic mass is 31.2. The van der Waals surface area contributed by atoms with Crippen molar-refractivity contribution < 1.29 is 33.7 Å². The number of carbonyl (C=O) groups excluding carboxylic acids is 1. The average Bonchev–Trinajstić information content (AvgIpc) is 2.92. The number of amides is 1. The van der Waals surface area contributed by atoms with E-state index in [-0.39, 0.29) is 17.0 Å². The first kappa shape index (κ1) is 26.8. The summed E-state index contributed by atoms with van der Waals surface area (Å²) in [6.07, 6.45) is -0.0983. The monoisotopic (exact) mass is 547 g/mol. The van der Waals surface area contributed by atoms with Crippen molar-refractivity contribution in [3.63, 3.8) is 0 Å². The molecule has 0 radical (unpaired) electrons. The van der Waals surface area contributed by atoms with Crippen molar-refractivity contribution in [1.82, 2.24) is 0 Å². The smallest absolute Gasteiger partial charge is 0.356 e. The van der Waals surface area contributed by atoms with Gasteiger partial charge in [0.25, 0.3) is 0 Å². The third-order valence-corrected chi connectivity index (χ3v) is 8.05. The zero-order chi connectivity index (χ0) is 27.7. The third-order valence-electron chi connectivity index (χ3n) is 7.10. The molecule has 7 nitrogen and oxygen atoms in total. The zero-order valence-corrected chi connectivity index (χ0v) is 21.7. The van der Waals surface area contributed by atoms with Gasteiger partial charge in [0.15, 0.2) is 0 Å². The fourth-order valence-electron chi connectivity index (χ4n) is 5.12. The molecule has 3 atom stereocenters. The van der Waals surface area contributed by atoms with Crippen LogP contribution in [0, 0.1) is 11.7 Å². The van der Waals surface area contributed by atoms with Gasteiger partial charge in [0.2, 0.25) is 5.91 Å². The second-order valence-electron chi connectivity index (χ2n) is 9.61. The van der Waals surface area contributed by atoms with E-state index in [1.807, 2.05) is 30.3 Å². The van der Waals surface area contributed by atoms with Crippen molar-refractivity contribution in [2.45, 2.75) is 25.0 Å². The zero-order valence-electron chi connectivity index (χ0n) is 20.8. The molecule has 0 aliphatic carbocycles. The number of β-lactam (4-membered cyclic amide) rings is 1. The molecule has 1 heterocycles. The summed E-state index contributed by atoms with van der Waals surface area (Å²) in [5.41, 5.74) is 2.60. The second kappa shape index (κ2) is 10.8. The van der Waals surface area contributed by atoms with Gasteiger partial charge < -0.3 is 24.9 Å². The van der Waals surface area contributed by atoms with Crippen molar-refractivity contribution in [3.05, 3.63) is 114 Å². The first-order valence-electron chi connectivity index (χ1n) is 12.4. The highest BCUT2D eigenvalue weighted by Crippen LogP contribution is 2.49. The Labute approximate surface area is 225 Å². The molecule has 0 spiro atoms. The molecule has 4 aromatic carbocycles.